The lowest BCUT2D eigenvalue weighted by atomic mass is 10.2. The molecular formula is C19H20Cl2N2O5S. The van der Waals surface area contributed by atoms with E-state index in [1.54, 1.807) is 25.2 Å². The second-order valence-corrected chi connectivity index (χ2v) is 9.35. The van der Waals surface area contributed by atoms with E-state index >= 15 is 0 Å². The van der Waals surface area contributed by atoms with Crippen LogP contribution in [0.3, 0.4) is 0 Å². The van der Waals surface area contributed by atoms with Crippen molar-refractivity contribution < 1.29 is 22.7 Å². The predicted octanol–water partition coefficient (Wildman–Crippen LogP) is 3.06. The second kappa shape index (κ2) is 9.58. The van der Waals surface area contributed by atoms with E-state index in [0.717, 1.165) is 9.87 Å². The molecule has 0 aliphatic rings. The zero-order chi connectivity index (χ0) is 21.8. The summed E-state index contributed by atoms with van der Waals surface area (Å²) in [4.78, 5) is 25.8. The van der Waals surface area contributed by atoms with E-state index in [2.05, 4.69) is 0 Å². The van der Waals surface area contributed by atoms with Crippen LogP contribution in [0.2, 0.25) is 10.0 Å². The Morgan fingerprint density at radius 2 is 1.59 bits per heavy atom. The Morgan fingerprint density at radius 3 is 2.14 bits per heavy atom. The lowest BCUT2D eigenvalue weighted by Crippen LogP contribution is -2.30. The number of carbonyl (C=O) groups is 2. The summed E-state index contributed by atoms with van der Waals surface area (Å²) in [5.74, 6) is -1.13. The summed E-state index contributed by atoms with van der Waals surface area (Å²) < 4.78 is 30.2. The van der Waals surface area contributed by atoms with Crippen molar-refractivity contribution in [3.05, 3.63) is 63.6 Å². The Labute approximate surface area is 179 Å². The number of likely N-dealkylation sites (N-methyl/N-ethyl adjacent to an activating group) is 1. The minimum absolute atomic E-state index is 0.0523. The number of ether oxygens (including phenoxy) is 1. The maximum absolute atomic E-state index is 12.2. The molecule has 0 aliphatic carbocycles. The van der Waals surface area contributed by atoms with Crippen molar-refractivity contribution >= 4 is 45.1 Å². The van der Waals surface area contributed by atoms with Crippen molar-refractivity contribution in [1.82, 2.24) is 9.21 Å². The topological polar surface area (TPSA) is 84.0 Å². The van der Waals surface area contributed by atoms with Gasteiger partial charge in [-0.1, -0.05) is 29.3 Å². The van der Waals surface area contributed by atoms with E-state index < -0.39 is 28.5 Å². The summed E-state index contributed by atoms with van der Waals surface area (Å²) in [7, 11) is 0.808. The molecule has 156 valence electrons. The summed E-state index contributed by atoms with van der Waals surface area (Å²) in [6.07, 6.45) is 0. The molecule has 0 aromatic heterocycles. The number of esters is 1. The van der Waals surface area contributed by atoms with Gasteiger partial charge in [-0.2, -0.15) is 0 Å². The first kappa shape index (κ1) is 23.2. The van der Waals surface area contributed by atoms with Crippen LogP contribution in [0.5, 0.6) is 0 Å². The van der Waals surface area contributed by atoms with Crippen LogP contribution in [0, 0.1) is 0 Å². The molecule has 29 heavy (non-hydrogen) atoms. The quantitative estimate of drug-likeness (QED) is 0.595. The second-order valence-electron chi connectivity index (χ2n) is 6.39. The van der Waals surface area contributed by atoms with E-state index in [-0.39, 0.29) is 17.0 Å². The molecule has 0 fully saturated rings. The van der Waals surface area contributed by atoms with Gasteiger partial charge in [-0.3, -0.25) is 4.79 Å². The third kappa shape index (κ3) is 5.93. The molecule has 0 saturated heterocycles. The fraction of sp³-hybridized carbons (Fsp3) is 0.263. The molecule has 0 unspecified atom stereocenters. The standard InChI is InChI=1S/C19H20Cl2N2O5S/c1-22(2)29(26,27)15-7-5-14(6-8-15)19(25)28-12-18(24)23(3)11-13-4-9-16(20)17(21)10-13/h4-10H,11-12H2,1-3H3. The number of benzene rings is 2. The van der Waals surface area contributed by atoms with Gasteiger partial charge in [0.2, 0.25) is 10.0 Å². The van der Waals surface area contributed by atoms with Gasteiger partial charge >= 0.3 is 5.97 Å². The third-order valence-electron chi connectivity index (χ3n) is 4.02. The molecule has 2 aromatic carbocycles. The first-order valence-electron chi connectivity index (χ1n) is 8.40. The molecule has 0 N–H and O–H groups in total. The van der Waals surface area contributed by atoms with Gasteiger partial charge in [0.1, 0.15) is 0 Å². The molecule has 2 rings (SSSR count). The normalized spacial score (nSPS) is 11.4. The largest absolute Gasteiger partial charge is 0.452 e. The van der Waals surface area contributed by atoms with Gasteiger partial charge in [0.05, 0.1) is 20.5 Å². The Morgan fingerprint density at radius 1 is 0.966 bits per heavy atom. The molecular weight excluding hydrogens is 439 g/mol. The SMILES string of the molecule is CN(Cc1ccc(Cl)c(Cl)c1)C(=O)COC(=O)c1ccc(S(=O)(=O)N(C)C)cc1. The van der Waals surface area contributed by atoms with Gasteiger partial charge < -0.3 is 9.64 Å². The highest BCUT2D eigenvalue weighted by Crippen LogP contribution is 2.23. The van der Waals surface area contributed by atoms with Crippen molar-refractivity contribution in [3.8, 4) is 0 Å². The zero-order valence-electron chi connectivity index (χ0n) is 16.1. The van der Waals surface area contributed by atoms with Crippen molar-refractivity contribution in [2.75, 3.05) is 27.7 Å². The van der Waals surface area contributed by atoms with Crippen molar-refractivity contribution in [1.29, 1.82) is 0 Å². The monoisotopic (exact) mass is 458 g/mol. The molecule has 0 aliphatic heterocycles. The van der Waals surface area contributed by atoms with Crippen molar-refractivity contribution in [2.45, 2.75) is 11.4 Å². The first-order chi connectivity index (χ1) is 13.5. The Kier molecular flexibility index (Phi) is 7.65. The molecule has 0 saturated carbocycles. The van der Waals surface area contributed by atoms with Gasteiger partial charge in [-0.05, 0) is 42.0 Å². The molecule has 2 aromatic rings. The van der Waals surface area contributed by atoms with Crippen LogP contribution in [0.25, 0.3) is 0 Å². The maximum Gasteiger partial charge on any atom is 0.338 e. The van der Waals surface area contributed by atoms with E-state index in [4.69, 9.17) is 27.9 Å². The molecule has 0 atom stereocenters. The van der Waals surface area contributed by atoms with Crippen LogP contribution in [0.1, 0.15) is 15.9 Å². The van der Waals surface area contributed by atoms with Crippen molar-refractivity contribution in [3.63, 3.8) is 0 Å². The van der Waals surface area contributed by atoms with Crippen LogP contribution in [0.15, 0.2) is 47.4 Å². The van der Waals surface area contributed by atoms with Gasteiger partial charge in [-0.25, -0.2) is 17.5 Å². The maximum atomic E-state index is 12.2. The van der Waals surface area contributed by atoms with Crippen LogP contribution < -0.4 is 0 Å². The molecule has 0 bridgehead atoms. The number of hydrogen-bond acceptors (Lipinski definition) is 5. The summed E-state index contributed by atoms with van der Waals surface area (Å²) in [6, 6.07) is 10.3. The highest BCUT2D eigenvalue weighted by molar-refractivity contribution is 7.89. The van der Waals surface area contributed by atoms with Crippen LogP contribution in [-0.2, 0) is 26.1 Å². The minimum atomic E-state index is -3.59. The van der Waals surface area contributed by atoms with Crippen LogP contribution in [0.4, 0.5) is 0 Å². The Balaban J connectivity index is 1.94. The highest BCUT2D eigenvalue weighted by Gasteiger charge is 2.19. The summed E-state index contributed by atoms with van der Waals surface area (Å²) >= 11 is 11.8. The number of hydrogen-bond donors (Lipinski definition) is 0. The summed E-state index contributed by atoms with van der Waals surface area (Å²) in [5.41, 5.74) is 0.918. The molecule has 1 amide bonds. The molecule has 0 heterocycles. The van der Waals surface area contributed by atoms with Gasteiger partial charge in [0.25, 0.3) is 5.91 Å². The molecule has 0 radical (unpaired) electrons. The van der Waals surface area contributed by atoms with E-state index in [9.17, 15) is 18.0 Å². The van der Waals surface area contributed by atoms with Gasteiger partial charge in [0, 0.05) is 27.7 Å². The third-order valence-corrected chi connectivity index (χ3v) is 6.59. The molecule has 7 nitrogen and oxygen atoms in total. The minimum Gasteiger partial charge on any atom is -0.452 e. The number of rotatable bonds is 7. The van der Waals surface area contributed by atoms with E-state index in [1.165, 1.54) is 43.3 Å². The molecule has 10 heteroatoms. The van der Waals surface area contributed by atoms with Gasteiger partial charge in [0.15, 0.2) is 6.61 Å². The summed E-state index contributed by atoms with van der Waals surface area (Å²) in [6.45, 7) is -0.182. The van der Waals surface area contributed by atoms with Crippen molar-refractivity contribution in [2.24, 2.45) is 0 Å². The number of amides is 1. The van der Waals surface area contributed by atoms with E-state index in [1.807, 2.05) is 0 Å². The average molecular weight is 459 g/mol. The fourth-order valence-electron chi connectivity index (χ4n) is 2.29. The number of sulfonamides is 1. The van der Waals surface area contributed by atoms with Gasteiger partial charge in [-0.15, -0.1) is 0 Å². The number of nitrogens with zero attached hydrogens (tertiary/aromatic N) is 2. The summed E-state index contributed by atoms with van der Waals surface area (Å²) in [5, 5.41) is 0.805. The lowest BCUT2D eigenvalue weighted by Gasteiger charge is -2.17. The number of halogens is 2. The first-order valence-corrected chi connectivity index (χ1v) is 10.6. The Hall–Kier alpha value is -2.13. The Bertz CT molecular complexity index is 1010. The molecule has 0 spiro atoms. The van der Waals surface area contributed by atoms with Crippen LogP contribution in [-0.4, -0.2) is 57.2 Å². The smallest absolute Gasteiger partial charge is 0.338 e. The fourth-order valence-corrected chi connectivity index (χ4v) is 3.52. The zero-order valence-corrected chi connectivity index (χ0v) is 18.4. The van der Waals surface area contributed by atoms with E-state index in [0.29, 0.717) is 10.0 Å². The lowest BCUT2D eigenvalue weighted by molar-refractivity contribution is -0.133. The number of carbonyl (C=O) groups excluding carboxylic acids is 2. The average Bonchev–Trinajstić information content (AvgIpc) is 2.68. The predicted molar refractivity (Wildman–Crippen MR) is 111 cm³/mol. The van der Waals surface area contributed by atoms with Crippen LogP contribution >= 0.6 is 23.2 Å². The highest BCUT2D eigenvalue weighted by atomic mass is 35.5.